The summed E-state index contributed by atoms with van der Waals surface area (Å²) >= 11 is 5.35. The zero-order valence-corrected chi connectivity index (χ0v) is 11.6. The van der Waals surface area contributed by atoms with Crippen molar-refractivity contribution in [2.24, 2.45) is 0 Å². The highest BCUT2D eigenvalue weighted by atomic mass is 35.5. The Labute approximate surface area is 116 Å². The Hall–Kier alpha value is -1.59. The van der Waals surface area contributed by atoms with Crippen LogP contribution in [-0.4, -0.2) is 14.7 Å². The summed E-state index contributed by atoms with van der Waals surface area (Å²) in [6.07, 6.45) is 1.12. The topological polar surface area (TPSA) is 46.2 Å². The summed E-state index contributed by atoms with van der Waals surface area (Å²) in [5.74, 6) is -0.546. The number of hydrogen-bond acceptors (Lipinski definition) is 3. The highest BCUT2D eigenvalue weighted by Crippen LogP contribution is 2.29. The summed E-state index contributed by atoms with van der Waals surface area (Å²) in [7, 11) is -3.37. The lowest BCUT2D eigenvalue weighted by atomic mass is 10.1. The van der Waals surface area contributed by atoms with Crippen molar-refractivity contribution in [3.63, 3.8) is 0 Å². The lowest BCUT2D eigenvalue weighted by molar-refractivity contribution is 0.602. The molecule has 2 aromatic rings. The minimum absolute atomic E-state index is 0.141. The summed E-state index contributed by atoms with van der Waals surface area (Å²) in [4.78, 5) is 2.37. The lowest BCUT2D eigenvalue weighted by Crippen LogP contribution is -2.00. The van der Waals surface area contributed by atoms with E-state index < -0.39 is 15.7 Å². The minimum atomic E-state index is -3.37. The molecule has 0 heterocycles. The number of benzene rings is 2. The van der Waals surface area contributed by atoms with Crippen molar-refractivity contribution in [2.45, 2.75) is 4.90 Å². The molecule has 2 rings (SSSR count). The van der Waals surface area contributed by atoms with Crippen molar-refractivity contribution >= 4 is 27.3 Å². The van der Waals surface area contributed by atoms with E-state index in [1.807, 2.05) is 0 Å². The molecule has 1 N–H and O–H groups in total. The second kappa shape index (κ2) is 5.19. The molecule has 19 heavy (non-hydrogen) atoms. The van der Waals surface area contributed by atoms with Crippen LogP contribution in [-0.2, 0) is 9.84 Å². The lowest BCUT2D eigenvalue weighted by Gasteiger charge is -2.09. The van der Waals surface area contributed by atoms with E-state index in [0.717, 1.165) is 6.26 Å². The zero-order valence-electron chi connectivity index (χ0n) is 10.0. The standard InChI is InChI=1S/C13H11ClFNO2S/c1-19(17,18)13-5-3-2-4-10(13)9-6-7-12(16-14)11(15)8-9/h2-8,16H,1H3. The molecule has 6 heteroatoms. The van der Waals surface area contributed by atoms with Crippen molar-refractivity contribution in [1.82, 2.24) is 0 Å². The van der Waals surface area contributed by atoms with Crippen molar-refractivity contribution in [2.75, 3.05) is 11.1 Å². The summed E-state index contributed by atoms with van der Waals surface area (Å²) in [6, 6.07) is 10.8. The fraction of sp³-hybridized carbons (Fsp3) is 0.0769. The van der Waals surface area contributed by atoms with E-state index >= 15 is 0 Å². The molecular weight excluding hydrogens is 289 g/mol. The predicted molar refractivity (Wildman–Crippen MR) is 74.4 cm³/mol. The first-order chi connectivity index (χ1) is 8.93. The van der Waals surface area contributed by atoms with Gasteiger partial charge in [0.05, 0.1) is 10.6 Å². The van der Waals surface area contributed by atoms with E-state index in [1.54, 1.807) is 24.3 Å². The van der Waals surface area contributed by atoms with Crippen LogP contribution in [0.25, 0.3) is 11.1 Å². The number of anilines is 1. The molecule has 0 amide bonds. The second-order valence-electron chi connectivity index (χ2n) is 4.06. The highest BCUT2D eigenvalue weighted by Gasteiger charge is 2.14. The Kier molecular flexibility index (Phi) is 3.78. The minimum Gasteiger partial charge on any atom is -0.296 e. The molecule has 0 aromatic heterocycles. The molecule has 0 atom stereocenters. The molecule has 0 radical (unpaired) electrons. The molecule has 0 aliphatic heterocycles. The molecule has 0 bridgehead atoms. The van der Waals surface area contributed by atoms with Gasteiger partial charge in [0.25, 0.3) is 0 Å². The molecule has 0 spiro atoms. The van der Waals surface area contributed by atoms with Gasteiger partial charge in [0.2, 0.25) is 0 Å². The van der Waals surface area contributed by atoms with E-state index in [1.165, 1.54) is 18.2 Å². The molecule has 0 saturated carbocycles. The second-order valence-corrected chi connectivity index (χ2v) is 6.23. The van der Waals surface area contributed by atoms with Gasteiger partial charge >= 0.3 is 0 Å². The van der Waals surface area contributed by atoms with Crippen LogP contribution in [0.4, 0.5) is 10.1 Å². The smallest absolute Gasteiger partial charge is 0.176 e. The molecule has 3 nitrogen and oxygen atoms in total. The van der Waals surface area contributed by atoms with Crippen LogP contribution in [0, 0.1) is 5.82 Å². The Morgan fingerprint density at radius 1 is 1.16 bits per heavy atom. The van der Waals surface area contributed by atoms with Crippen molar-refractivity contribution in [3.8, 4) is 11.1 Å². The van der Waals surface area contributed by atoms with Gasteiger partial charge in [-0.05, 0) is 23.8 Å². The third-order valence-corrected chi connectivity index (χ3v) is 4.03. The molecule has 0 fully saturated rings. The molecular formula is C13H11ClFNO2S. The number of halogens is 2. The van der Waals surface area contributed by atoms with Crippen LogP contribution in [0.5, 0.6) is 0 Å². The first kappa shape index (κ1) is 13.8. The maximum absolute atomic E-state index is 13.7. The van der Waals surface area contributed by atoms with Gasteiger partial charge in [-0.1, -0.05) is 24.3 Å². The summed E-state index contributed by atoms with van der Waals surface area (Å²) in [5, 5.41) is 0. The van der Waals surface area contributed by atoms with Gasteiger partial charge in [0, 0.05) is 23.6 Å². The van der Waals surface area contributed by atoms with E-state index in [-0.39, 0.29) is 10.6 Å². The van der Waals surface area contributed by atoms with E-state index in [0.29, 0.717) is 11.1 Å². The Morgan fingerprint density at radius 3 is 2.42 bits per heavy atom. The van der Waals surface area contributed by atoms with Crippen molar-refractivity contribution < 1.29 is 12.8 Å². The number of rotatable bonds is 3. The van der Waals surface area contributed by atoms with Crippen LogP contribution in [0.15, 0.2) is 47.4 Å². The summed E-state index contributed by atoms with van der Waals surface area (Å²) < 4.78 is 37.1. The monoisotopic (exact) mass is 299 g/mol. The van der Waals surface area contributed by atoms with Gasteiger partial charge in [-0.2, -0.15) is 0 Å². The molecule has 0 aliphatic carbocycles. The third kappa shape index (κ3) is 2.88. The van der Waals surface area contributed by atoms with E-state index in [9.17, 15) is 12.8 Å². The number of hydrogen-bond donors (Lipinski definition) is 1. The van der Waals surface area contributed by atoms with Gasteiger partial charge in [0.15, 0.2) is 9.84 Å². The van der Waals surface area contributed by atoms with Gasteiger partial charge in [0.1, 0.15) is 5.82 Å². The quantitative estimate of drug-likeness (QED) is 0.883. The maximum Gasteiger partial charge on any atom is 0.176 e. The maximum atomic E-state index is 13.7. The van der Waals surface area contributed by atoms with Gasteiger partial charge in [-0.15, -0.1) is 0 Å². The van der Waals surface area contributed by atoms with Crippen LogP contribution in [0.3, 0.4) is 0 Å². The fourth-order valence-electron chi connectivity index (χ4n) is 1.79. The van der Waals surface area contributed by atoms with Crippen LogP contribution in [0.2, 0.25) is 0 Å². The zero-order chi connectivity index (χ0) is 14.0. The van der Waals surface area contributed by atoms with Gasteiger partial charge in [-0.25, -0.2) is 12.8 Å². The highest BCUT2D eigenvalue weighted by molar-refractivity contribution is 7.90. The molecule has 100 valence electrons. The van der Waals surface area contributed by atoms with Gasteiger partial charge < -0.3 is 0 Å². The molecule has 0 saturated heterocycles. The van der Waals surface area contributed by atoms with Crippen molar-refractivity contribution in [1.29, 1.82) is 0 Å². The van der Waals surface area contributed by atoms with Crippen LogP contribution >= 0.6 is 11.8 Å². The number of sulfone groups is 1. The largest absolute Gasteiger partial charge is 0.296 e. The first-order valence-electron chi connectivity index (χ1n) is 5.39. The van der Waals surface area contributed by atoms with Crippen LogP contribution < -0.4 is 4.84 Å². The van der Waals surface area contributed by atoms with Crippen molar-refractivity contribution in [3.05, 3.63) is 48.3 Å². The SMILES string of the molecule is CS(=O)(=O)c1ccccc1-c1ccc(NCl)c(F)c1. The van der Waals surface area contributed by atoms with E-state index in [2.05, 4.69) is 4.84 Å². The third-order valence-electron chi connectivity index (χ3n) is 2.67. The molecule has 0 unspecified atom stereocenters. The average Bonchev–Trinajstić information content (AvgIpc) is 2.37. The predicted octanol–water partition coefficient (Wildman–Crippen LogP) is 3.46. The van der Waals surface area contributed by atoms with Gasteiger partial charge in [-0.3, -0.25) is 4.84 Å². The van der Waals surface area contributed by atoms with E-state index in [4.69, 9.17) is 11.8 Å². The number of nitrogens with one attached hydrogen (secondary N) is 1. The molecule has 0 aliphatic rings. The first-order valence-corrected chi connectivity index (χ1v) is 7.66. The fourth-order valence-corrected chi connectivity index (χ4v) is 2.85. The Bertz CT molecular complexity index is 716. The average molecular weight is 300 g/mol. The van der Waals surface area contributed by atoms with Crippen LogP contribution in [0.1, 0.15) is 0 Å². The Balaban J connectivity index is 2.63. The normalized spacial score (nSPS) is 11.3. The summed E-state index contributed by atoms with van der Waals surface area (Å²) in [6.45, 7) is 0. The molecule has 2 aromatic carbocycles. The summed E-state index contributed by atoms with van der Waals surface area (Å²) in [5.41, 5.74) is 1.08. The Morgan fingerprint density at radius 2 is 1.84 bits per heavy atom.